The van der Waals surface area contributed by atoms with E-state index in [1.807, 2.05) is 12.1 Å². The molecule has 0 N–H and O–H groups in total. The summed E-state index contributed by atoms with van der Waals surface area (Å²) in [6.07, 6.45) is 4.05. The van der Waals surface area contributed by atoms with Crippen molar-refractivity contribution in [2.45, 2.75) is 29.5 Å². The SMILES string of the molecule is Clc1cc(SCc2ccco2)nc(C2CC2)n1. The van der Waals surface area contributed by atoms with E-state index in [1.165, 1.54) is 12.8 Å². The van der Waals surface area contributed by atoms with E-state index in [0.717, 1.165) is 22.4 Å². The minimum Gasteiger partial charge on any atom is -0.468 e. The molecule has 88 valence electrons. The van der Waals surface area contributed by atoms with Crippen LogP contribution in [0.15, 0.2) is 33.9 Å². The van der Waals surface area contributed by atoms with Gasteiger partial charge in [-0.2, -0.15) is 0 Å². The lowest BCUT2D eigenvalue weighted by Gasteiger charge is -2.02. The summed E-state index contributed by atoms with van der Waals surface area (Å²) in [5.74, 6) is 3.12. The van der Waals surface area contributed by atoms with Crippen LogP contribution in [-0.2, 0) is 5.75 Å². The molecule has 17 heavy (non-hydrogen) atoms. The molecule has 2 heterocycles. The minimum absolute atomic E-state index is 0.525. The molecule has 1 saturated carbocycles. The topological polar surface area (TPSA) is 38.9 Å². The third kappa shape index (κ3) is 2.82. The van der Waals surface area contributed by atoms with E-state index >= 15 is 0 Å². The Balaban J connectivity index is 1.73. The monoisotopic (exact) mass is 266 g/mol. The van der Waals surface area contributed by atoms with Crippen molar-refractivity contribution < 1.29 is 4.42 Å². The van der Waals surface area contributed by atoms with Crippen molar-refractivity contribution in [2.24, 2.45) is 0 Å². The van der Waals surface area contributed by atoms with Crippen molar-refractivity contribution in [3.8, 4) is 0 Å². The molecular formula is C12H11ClN2OS. The number of thioether (sulfide) groups is 1. The average Bonchev–Trinajstić information content (AvgIpc) is 3.04. The molecule has 3 rings (SSSR count). The molecule has 1 aliphatic rings. The van der Waals surface area contributed by atoms with Gasteiger partial charge in [-0.1, -0.05) is 23.4 Å². The van der Waals surface area contributed by atoms with Gasteiger partial charge < -0.3 is 4.42 Å². The van der Waals surface area contributed by atoms with E-state index in [1.54, 1.807) is 24.1 Å². The number of aromatic nitrogens is 2. The van der Waals surface area contributed by atoms with Crippen LogP contribution in [0.1, 0.15) is 30.3 Å². The molecule has 0 unspecified atom stereocenters. The summed E-state index contributed by atoms with van der Waals surface area (Å²) in [7, 11) is 0. The maximum atomic E-state index is 5.99. The Morgan fingerprint density at radius 1 is 1.41 bits per heavy atom. The summed E-state index contributed by atoms with van der Waals surface area (Å²) in [6, 6.07) is 5.65. The van der Waals surface area contributed by atoms with Crippen molar-refractivity contribution in [3.05, 3.63) is 41.2 Å². The van der Waals surface area contributed by atoms with Crippen LogP contribution in [0.2, 0.25) is 5.15 Å². The van der Waals surface area contributed by atoms with Gasteiger partial charge in [0.1, 0.15) is 21.8 Å². The summed E-state index contributed by atoms with van der Waals surface area (Å²) in [5.41, 5.74) is 0. The summed E-state index contributed by atoms with van der Waals surface area (Å²) in [4.78, 5) is 8.78. The van der Waals surface area contributed by atoms with E-state index in [0.29, 0.717) is 11.1 Å². The van der Waals surface area contributed by atoms with Gasteiger partial charge in [-0.05, 0) is 25.0 Å². The zero-order chi connectivity index (χ0) is 11.7. The van der Waals surface area contributed by atoms with Crippen LogP contribution < -0.4 is 0 Å². The fourth-order valence-electron chi connectivity index (χ4n) is 1.55. The first-order valence-corrected chi connectivity index (χ1v) is 6.87. The maximum Gasteiger partial charge on any atom is 0.134 e. The van der Waals surface area contributed by atoms with Gasteiger partial charge >= 0.3 is 0 Å². The largest absolute Gasteiger partial charge is 0.468 e. The lowest BCUT2D eigenvalue weighted by molar-refractivity contribution is 0.530. The Labute approximate surface area is 109 Å². The third-order valence-electron chi connectivity index (χ3n) is 2.57. The number of furan rings is 1. The zero-order valence-corrected chi connectivity index (χ0v) is 10.7. The highest BCUT2D eigenvalue weighted by Crippen LogP contribution is 2.39. The van der Waals surface area contributed by atoms with Gasteiger partial charge in [0, 0.05) is 12.0 Å². The lowest BCUT2D eigenvalue weighted by Crippen LogP contribution is -1.94. The maximum absolute atomic E-state index is 5.99. The molecule has 1 fully saturated rings. The number of halogens is 1. The van der Waals surface area contributed by atoms with Gasteiger partial charge in [-0.3, -0.25) is 0 Å². The molecule has 0 spiro atoms. The molecule has 0 aromatic carbocycles. The Bertz CT molecular complexity index is 511. The summed E-state index contributed by atoms with van der Waals surface area (Å²) < 4.78 is 5.28. The molecule has 1 aliphatic carbocycles. The molecule has 0 bridgehead atoms. The van der Waals surface area contributed by atoms with Crippen molar-refractivity contribution in [2.75, 3.05) is 0 Å². The normalized spacial score (nSPS) is 15.1. The number of rotatable bonds is 4. The second kappa shape index (κ2) is 4.70. The van der Waals surface area contributed by atoms with Crippen molar-refractivity contribution in [3.63, 3.8) is 0 Å². The van der Waals surface area contributed by atoms with Crippen molar-refractivity contribution in [1.82, 2.24) is 9.97 Å². The summed E-state index contributed by atoms with van der Waals surface area (Å²) in [6.45, 7) is 0. The second-order valence-electron chi connectivity index (χ2n) is 4.03. The summed E-state index contributed by atoms with van der Waals surface area (Å²) in [5, 5.41) is 1.45. The molecule has 0 saturated heterocycles. The van der Waals surface area contributed by atoms with Crippen LogP contribution in [0.25, 0.3) is 0 Å². The van der Waals surface area contributed by atoms with Gasteiger partial charge in [0.2, 0.25) is 0 Å². The Morgan fingerprint density at radius 3 is 3.00 bits per heavy atom. The van der Waals surface area contributed by atoms with Crippen LogP contribution in [0.4, 0.5) is 0 Å². The van der Waals surface area contributed by atoms with E-state index in [2.05, 4.69) is 9.97 Å². The molecule has 3 nitrogen and oxygen atoms in total. The van der Waals surface area contributed by atoms with E-state index in [-0.39, 0.29) is 0 Å². The average molecular weight is 267 g/mol. The highest BCUT2D eigenvalue weighted by Gasteiger charge is 2.27. The van der Waals surface area contributed by atoms with Crippen LogP contribution in [0, 0.1) is 0 Å². The first kappa shape index (κ1) is 11.1. The van der Waals surface area contributed by atoms with Gasteiger partial charge in [0.05, 0.1) is 12.0 Å². The van der Waals surface area contributed by atoms with Crippen LogP contribution in [0.5, 0.6) is 0 Å². The van der Waals surface area contributed by atoms with Crippen LogP contribution >= 0.6 is 23.4 Å². The third-order valence-corrected chi connectivity index (χ3v) is 3.70. The Kier molecular flexibility index (Phi) is 3.07. The highest BCUT2D eigenvalue weighted by molar-refractivity contribution is 7.98. The Hall–Kier alpha value is -1.00. The smallest absolute Gasteiger partial charge is 0.134 e. The number of nitrogens with zero attached hydrogens (tertiary/aromatic N) is 2. The van der Waals surface area contributed by atoms with Gasteiger partial charge in [0.25, 0.3) is 0 Å². The predicted molar refractivity (Wildman–Crippen MR) is 67.3 cm³/mol. The minimum atomic E-state index is 0.525. The lowest BCUT2D eigenvalue weighted by atomic mass is 10.4. The molecular weight excluding hydrogens is 256 g/mol. The fourth-order valence-corrected chi connectivity index (χ4v) is 2.61. The fraction of sp³-hybridized carbons (Fsp3) is 0.333. The zero-order valence-electron chi connectivity index (χ0n) is 9.10. The highest BCUT2D eigenvalue weighted by atomic mass is 35.5. The van der Waals surface area contributed by atoms with Gasteiger partial charge in [-0.15, -0.1) is 0 Å². The van der Waals surface area contributed by atoms with Gasteiger partial charge in [0.15, 0.2) is 0 Å². The molecule has 0 aliphatic heterocycles. The molecule has 0 atom stereocenters. The van der Waals surface area contributed by atoms with E-state index in [4.69, 9.17) is 16.0 Å². The number of hydrogen-bond donors (Lipinski definition) is 0. The predicted octanol–water partition coefficient (Wildman–Crippen LogP) is 3.89. The molecule has 2 aromatic heterocycles. The van der Waals surface area contributed by atoms with Crippen LogP contribution in [0.3, 0.4) is 0 Å². The second-order valence-corrected chi connectivity index (χ2v) is 5.41. The van der Waals surface area contributed by atoms with Crippen molar-refractivity contribution >= 4 is 23.4 Å². The summed E-state index contributed by atoms with van der Waals surface area (Å²) >= 11 is 7.62. The van der Waals surface area contributed by atoms with Crippen molar-refractivity contribution in [1.29, 1.82) is 0 Å². The molecule has 0 amide bonds. The van der Waals surface area contributed by atoms with E-state index < -0.39 is 0 Å². The molecule has 5 heteroatoms. The first-order valence-electron chi connectivity index (χ1n) is 5.51. The van der Waals surface area contributed by atoms with Crippen LogP contribution in [-0.4, -0.2) is 9.97 Å². The standard InChI is InChI=1S/C12H11ClN2OS/c13-10-6-11(15-12(14-10)8-3-4-8)17-7-9-2-1-5-16-9/h1-2,5-6,8H,3-4,7H2. The van der Waals surface area contributed by atoms with E-state index in [9.17, 15) is 0 Å². The molecule has 0 radical (unpaired) electrons. The first-order chi connectivity index (χ1) is 8.31. The quantitative estimate of drug-likeness (QED) is 0.622. The number of hydrogen-bond acceptors (Lipinski definition) is 4. The molecule has 2 aromatic rings. The Morgan fingerprint density at radius 2 is 2.29 bits per heavy atom. The van der Waals surface area contributed by atoms with Gasteiger partial charge in [-0.25, -0.2) is 9.97 Å².